The summed E-state index contributed by atoms with van der Waals surface area (Å²) >= 11 is 0. The monoisotopic (exact) mass is 306 g/mol. The minimum absolute atomic E-state index is 0.0718. The highest BCUT2D eigenvalue weighted by molar-refractivity contribution is 5.68. The zero-order valence-electron chi connectivity index (χ0n) is 13.2. The zero-order chi connectivity index (χ0) is 15.6. The van der Waals surface area contributed by atoms with Gasteiger partial charge in [-0.25, -0.2) is 0 Å². The van der Waals surface area contributed by atoms with Gasteiger partial charge in [0.2, 0.25) is 0 Å². The first-order valence-electron chi connectivity index (χ1n) is 8.54. The average Bonchev–Trinajstić information content (AvgIpc) is 2.58. The molecule has 2 heteroatoms. The maximum Gasteiger partial charge on any atom is 0.129 e. The van der Waals surface area contributed by atoms with E-state index in [0.717, 1.165) is 36.2 Å². The second kappa shape index (κ2) is 6.21. The Kier molecular flexibility index (Phi) is 3.92. The summed E-state index contributed by atoms with van der Waals surface area (Å²) in [5.41, 5.74) is 4.73. The Labute approximate surface area is 137 Å². The van der Waals surface area contributed by atoms with Gasteiger partial charge in [0.25, 0.3) is 0 Å². The van der Waals surface area contributed by atoms with Crippen molar-refractivity contribution in [2.75, 3.05) is 0 Å². The van der Waals surface area contributed by atoms with Crippen LogP contribution in [-0.4, -0.2) is 11.2 Å². The van der Waals surface area contributed by atoms with E-state index in [1.807, 2.05) is 18.2 Å². The molecule has 2 aromatic carbocycles. The number of hydrogen-bond donors (Lipinski definition) is 1. The van der Waals surface area contributed by atoms with Crippen LogP contribution in [0.3, 0.4) is 0 Å². The number of rotatable bonds is 1. The van der Waals surface area contributed by atoms with Crippen LogP contribution in [0.15, 0.2) is 60.2 Å². The molecule has 0 amide bonds. The molecule has 0 fully saturated rings. The number of hydrogen-bond acceptors (Lipinski definition) is 2. The van der Waals surface area contributed by atoms with Crippen LogP contribution < -0.4 is 0 Å². The second-order valence-corrected chi connectivity index (χ2v) is 6.49. The lowest BCUT2D eigenvalue weighted by atomic mass is 9.86. The molecule has 118 valence electrons. The molecule has 0 radical (unpaired) electrons. The third kappa shape index (κ3) is 2.79. The highest BCUT2D eigenvalue weighted by Crippen LogP contribution is 2.42. The fraction of sp³-hybridized carbons (Fsp3) is 0.333. The molecule has 2 atom stereocenters. The summed E-state index contributed by atoms with van der Waals surface area (Å²) in [6, 6.07) is 18.7. The molecule has 0 aromatic heterocycles. The predicted molar refractivity (Wildman–Crippen MR) is 91.8 cm³/mol. The number of ether oxygens (including phenoxy) is 1. The van der Waals surface area contributed by atoms with Gasteiger partial charge in [0.15, 0.2) is 0 Å². The van der Waals surface area contributed by atoms with Crippen molar-refractivity contribution in [1.29, 1.82) is 0 Å². The standard InChI is InChI=1S/C21H22O2/c22-19-14-20(16-10-2-1-3-11-16)23-21-17-12-6-4-8-15(17)9-5-7-13-18(19)21/h1-4,6,8,10-12,19-20,22H,5,7,9,13-14H2/t19-,20-/m1/s1. The number of aliphatic hydroxyl groups is 1. The fourth-order valence-electron chi connectivity index (χ4n) is 3.74. The normalized spacial score (nSPS) is 24.0. The van der Waals surface area contributed by atoms with Crippen LogP contribution in [0.5, 0.6) is 0 Å². The molecule has 4 rings (SSSR count). The van der Waals surface area contributed by atoms with Gasteiger partial charge in [-0.3, -0.25) is 0 Å². The van der Waals surface area contributed by atoms with E-state index >= 15 is 0 Å². The van der Waals surface area contributed by atoms with E-state index in [4.69, 9.17) is 4.74 Å². The van der Waals surface area contributed by atoms with Gasteiger partial charge in [-0.2, -0.15) is 0 Å². The quantitative estimate of drug-likeness (QED) is 0.831. The minimum Gasteiger partial charge on any atom is -0.485 e. The lowest BCUT2D eigenvalue weighted by molar-refractivity contribution is 0.0686. The second-order valence-electron chi connectivity index (χ2n) is 6.49. The Morgan fingerprint density at radius 3 is 2.48 bits per heavy atom. The summed E-state index contributed by atoms with van der Waals surface area (Å²) in [6.45, 7) is 0. The van der Waals surface area contributed by atoms with Crippen molar-refractivity contribution in [2.45, 2.75) is 44.3 Å². The van der Waals surface area contributed by atoms with Crippen molar-refractivity contribution in [1.82, 2.24) is 0 Å². The van der Waals surface area contributed by atoms with Crippen LogP contribution in [-0.2, 0) is 11.2 Å². The van der Waals surface area contributed by atoms with E-state index in [0.29, 0.717) is 6.42 Å². The van der Waals surface area contributed by atoms with Crippen molar-refractivity contribution in [3.63, 3.8) is 0 Å². The van der Waals surface area contributed by atoms with Gasteiger partial charge >= 0.3 is 0 Å². The lowest BCUT2D eigenvalue weighted by Crippen LogP contribution is -2.25. The van der Waals surface area contributed by atoms with Gasteiger partial charge in [-0.15, -0.1) is 0 Å². The Hall–Kier alpha value is -2.06. The maximum atomic E-state index is 10.7. The predicted octanol–water partition coefficient (Wildman–Crippen LogP) is 4.65. The molecule has 2 aliphatic rings. The summed E-state index contributed by atoms with van der Waals surface area (Å²) in [6.07, 6.45) is 4.47. The van der Waals surface area contributed by atoms with Crippen molar-refractivity contribution in [3.8, 4) is 0 Å². The molecule has 1 heterocycles. The van der Waals surface area contributed by atoms with Crippen LogP contribution in [0.4, 0.5) is 0 Å². The van der Waals surface area contributed by atoms with Gasteiger partial charge in [-0.05, 0) is 36.8 Å². The third-order valence-electron chi connectivity index (χ3n) is 4.97. The molecule has 2 nitrogen and oxygen atoms in total. The Morgan fingerprint density at radius 2 is 1.61 bits per heavy atom. The first-order valence-corrected chi connectivity index (χ1v) is 8.54. The van der Waals surface area contributed by atoms with Crippen molar-refractivity contribution in [2.24, 2.45) is 0 Å². The summed E-state index contributed by atoms with van der Waals surface area (Å²) in [5.74, 6) is 0.924. The van der Waals surface area contributed by atoms with E-state index in [1.54, 1.807) is 0 Å². The molecule has 0 spiro atoms. The highest BCUT2D eigenvalue weighted by atomic mass is 16.5. The highest BCUT2D eigenvalue weighted by Gasteiger charge is 2.32. The van der Waals surface area contributed by atoms with Crippen LogP contribution in [0.25, 0.3) is 5.76 Å². The Balaban J connectivity index is 1.78. The van der Waals surface area contributed by atoms with Gasteiger partial charge < -0.3 is 9.84 Å². The van der Waals surface area contributed by atoms with Crippen molar-refractivity contribution >= 4 is 5.76 Å². The molecule has 23 heavy (non-hydrogen) atoms. The zero-order valence-corrected chi connectivity index (χ0v) is 13.2. The van der Waals surface area contributed by atoms with Crippen molar-refractivity contribution in [3.05, 3.63) is 76.9 Å². The summed E-state index contributed by atoms with van der Waals surface area (Å²) < 4.78 is 6.43. The lowest BCUT2D eigenvalue weighted by Gasteiger charge is -2.34. The smallest absolute Gasteiger partial charge is 0.129 e. The SMILES string of the molecule is O[C@@H]1C[C@H](c2ccccc2)OC2=C1CCCCc1ccccc12. The van der Waals surface area contributed by atoms with E-state index in [1.165, 1.54) is 17.5 Å². The molecular weight excluding hydrogens is 284 g/mol. The Bertz CT molecular complexity index is 718. The Morgan fingerprint density at radius 1 is 0.870 bits per heavy atom. The number of aliphatic hydroxyl groups excluding tert-OH is 1. The van der Waals surface area contributed by atoms with E-state index in [9.17, 15) is 5.11 Å². The first kappa shape index (κ1) is 14.5. The number of fused-ring (bicyclic) bond motifs is 2. The first-order chi connectivity index (χ1) is 11.3. The van der Waals surface area contributed by atoms with E-state index in [-0.39, 0.29) is 6.10 Å². The minimum atomic E-state index is -0.407. The average molecular weight is 306 g/mol. The molecule has 1 N–H and O–H groups in total. The van der Waals surface area contributed by atoms with Crippen LogP contribution in [0.2, 0.25) is 0 Å². The van der Waals surface area contributed by atoms with Gasteiger partial charge in [-0.1, -0.05) is 54.6 Å². The van der Waals surface area contributed by atoms with Crippen LogP contribution >= 0.6 is 0 Å². The fourth-order valence-corrected chi connectivity index (χ4v) is 3.74. The van der Waals surface area contributed by atoms with Crippen LogP contribution in [0, 0.1) is 0 Å². The van der Waals surface area contributed by atoms with E-state index in [2.05, 4.69) is 36.4 Å². The molecular formula is C21H22O2. The third-order valence-corrected chi connectivity index (χ3v) is 4.97. The number of aryl methyl sites for hydroxylation is 1. The van der Waals surface area contributed by atoms with Crippen LogP contribution in [0.1, 0.15) is 48.5 Å². The summed E-state index contributed by atoms with van der Waals surface area (Å²) in [4.78, 5) is 0. The van der Waals surface area contributed by atoms with Gasteiger partial charge in [0, 0.05) is 17.6 Å². The number of benzene rings is 2. The molecule has 0 unspecified atom stereocenters. The molecule has 1 aliphatic heterocycles. The molecule has 0 bridgehead atoms. The topological polar surface area (TPSA) is 29.5 Å². The molecule has 0 saturated carbocycles. The van der Waals surface area contributed by atoms with E-state index < -0.39 is 6.10 Å². The molecule has 0 saturated heterocycles. The molecule has 2 aromatic rings. The maximum absolute atomic E-state index is 10.7. The van der Waals surface area contributed by atoms with Crippen molar-refractivity contribution < 1.29 is 9.84 Å². The van der Waals surface area contributed by atoms with Gasteiger partial charge in [0.1, 0.15) is 11.9 Å². The summed E-state index contributed by atoms with van der Waals surface area (Å²) in [7, 11) is 0. The molecule has 1 aliphatic carbocycles. The van der Waals surface area contributed by atoms with Gasteiger partial charge in [0.05, 0.1) is 6.10 Å². The largest absolute Gasteiger partial charge is 0.485 e. The summed E-state index contributed by atoms with van der Waals surface area (Å²) in [5, 5.41) is 10.7.